The van der Waals surface area contributed by atoms with Gasteiger partial charge in [-0.2, -0.15) is 0 Å². The third kappa shape index (κ3) is 7.87. The molecule has 0 aromatic carbocycles. The van der Waals surface area contributed by atoms with E-state index in [9.17, 15) is 9.59 Å². The molecule has 1 aliphatic rings. The molecule has 0 aromatic rings. The number of urea groups is 1. The Morgan fingerprint density at radius 2 is 2.00 bits per heavy atom. The van der Waals surface area contributed by atoms with Gasteiger partial charge in [-0.3, -0.25) is 9.69 Å². The number of nitrogens with one attached hydrogen (secondary N) is 2. The molecule has 1 aliphatic heterocycles. The molecular weight excluding hydrogens is 274 g/mol. The molecule has 1 heterocycles. The standard InChI is InChI=1S/C14H27N3O4/c1-2-4-12(13(18)19)11-16-14(20)15-5-3-6-17-7-9-21-10-8-17/h12H,2-11H2,1H3,(H,18,19)(H2,15,16,20). The summed E-state index contributed by atoms with van der Waals surface area (Å²) in [5, 5.41) is 14.4. The molecule has 7 heteroatoms. The highest BCUT2D eigenvalue weighted by Gasteiger charge is 2.17. The lowest BCUT2D eigenvalue weighted by atomic mass is 10.0. The van der Waals surface area contributed by atoms with Gasteiger partial charge in [0.05, 0.1) is 19.1 Å². The van der Waals surface area contributed by atoms with Gasteiger partial charge in [-0.05, 0) is 19.4 Å². The van der Waals surface area contributed by atoms with E-state index < -0.39 is 11.9 Å². The Kier molecular flexibility index (Phi) is 8.77. The molecule has 0 radical (unpaired) electrons. The van der Waals surface area contributed by atoms with Crippen molar-refractivity contribution < 1.29 is 19.4 Å². The summed E-state index contributed by atoms with van der Waals surface area (Å²) in [5.74, 6) is -1.36. The Balaban J connectivity index is 2.06. The normalized spacial score (nSPS) is 17.2. The van der Waals surface area contributed by atoms with Crippen molar-refractivity contribution in [1.82, 2.24) is 15.5 Å². The summed E-state index contributed by atoms with van der Waals surface area (Å²) < 4.78 is 5.27. The number of hydrogen-bond acceptors (Lipinski definition) is 4. The summed E-state index contributed by atoms with van der Waals surface area (Å²) in [6.07, 6.45) is 2.25. The fourth-order valence-electron chi connectivity index (χ4n) is 2.27. The van der Waals surface area contributed by atoms with Crippen LogP contribution in [0.1, 0.15) is 26.2 Å². The molecular formula is C14H27N3O4. The van der Waals surface area contributed by atoms with Gasteiger partial charge in [-0.1, -0.05) is 13.3 Å². The minimum atomic E-state index is -0.857. The minimum absolute atomic E-state index is 0.179. The number of carbonyl (C=O) groups is 2. The van der Waals surface area contributed by atoms with Gasteiger partial charge in [0.1, 0.15) is 0 Å². The van der Waals surface area contributed by atoms with E-state index in [1.807, 2.05) is 6.92 Å². The average molecular weight is 301 g/mol. The summed E-state index contributed by atoms with van der Waals surface area (Å²) in [7, 11) is 0. The van der Waals surface area contributed by atoms with Crippen LogP contribution in [0, 0.1) is 5.92 Å². The molecule has 1 saturated heterocycles. The molecule has 1 atom stereocenters. The highest BCUT2D eigenvalue weighted by molar-refractivity contribution is 5.75. The maximum atomic E-state index is 11.6. The fourth-order valence-corrected chi connectivity index (χ4v) is 2.27. The number of carbonyl (C=O) groups excluding carboxylic acids is 1. The van der Waals surface area contributed by atoms with Crippen LogP contribution in [0.25, 0.3) is 0 Å². The summed E-state index contributed by atoms with van der Waals surface area (Å²) in [6.45, 7) is 7.10. The molecule has 0 saturated carbocycles. The summed E-state index contributed by atoms with van der Waals surface area (Å²) in [4.78, 5) is 24.8. The monoisotopic (exact) mass is 301 g/mol. The summed E-state index contributed by atoms with van der Waals surface area (Å²) in [6, 6.07) is -0.292. The molecule has 2 amide bonds. The van der Waals surface area contributed by atoms with E-state index in [2.05, 4.69) is 15.5 Å². The Morgan fingerprint density at radius 1 is 1.29 bits per heavy atom. The van der Waals surface area contributed by atoms with E-state index in [1.165, 1.54) is 0 Å². The molecule has 21 heavy (non-hydrogen) atoms. The predicted octanol–water partition coefficient (Wildman–Crippen LogP) is 0.509. The molecule has 1 fully saturated rings. The Hall–Kier alpha value is -1.34. The third-order valence-corrected chi connectivity index (χ3v) is 3.54. The quantitative estimate of drug-likeness (QED) is 0.540. The van der Waals surface area contributed by atoms with Crippen LogP contribution >= 0.6 is 0 Å². The van der Waals surface area contributed by atoms with Crippen molar-refractivity contribution in [2.45, 2.75) is 26.2 Å². The lowest BCUT2D eigenvalue weighted by molar-refractivity contribution is -0.141. The van der Waals surface area contributed by atoms with Crippen molar-refractivity contribution in [2.75, 3.05) is 45.9 Å². The maximum Gasteiger partial charge on any atom is 0.314 e. The van der Waals surface area contributed by atoms with Crippen LogP contribution in [0.15, 0.2) is 0 Å². The van der Waals surface area contributed by atoms with Crippen LogP contribution in [-0.2, 0) is 9.53 Å². The zero-order valence-electron chi connectivity index (χ0n) is 12.8. The second-order valence-electron chi connectivity index (χ2n) is 5.27. The van der Waals surface area contributed by atoms with Gasteiger partial charge in [0.25, 0.3) is 0 Å². The Morgan fingerprint density at radius 3 is 2.62 bits per heavy atom. The van der Waals surface area contributed by atoms with Gasteiger partial charge in [-0.15, -0.1) is 0 Å². The summed E-state index contributed by atoms with van der Waals surface area (Å²) in [5.41, 5.74) is 0. The van der Waals surface area contributed by atoms with Gasteiger partial charge in [0.15, 0.2) is 0 Å². The number of carboxylic acid groups (broad SMARTS) is 1. The number of aliphatic carboxylic acids is 1. The van der Waals surface area contributed by atoms with Crippen LogP contribution in [0.3, 0.4) is 0 Å². The highest BCUT2D eigenvalue weighted by Crippen LogP contribution is 2.04. The number of ether oxygens (including phenoxy) is 1. The van der Waals surface area contributed by atoms with E-state index in [0.29, 0.717) is 13.0 Å². The van der Waals surface area contributed by atoms with E-state index in [0.717, 1.165) is 45.7 Å². The largest absolute Gasteiger partial charge is 0.481 e. The summed E-state index contributed by atoms with van der Waals surface area (Å²) >= 11 is 0. The van der Waals surface area contributed by atoms with Crippen LogP contribution in [0.4, 0.5) is 4.79 Å². The lowest BCUT2D eigenvalue weighted by Gasteiger charge is -2.26. The van der Waals surface area contributed by atoms with Crippen LogP contribution in [-0.4, -0.2) is 67.9 Å². The molecule has 0 aliphatic carbocycles. The first kappa shape index (κ1) is 17.7. The first-order valence-electron chi connectivity index (χ1n) is 7.68. The molecule has 1 unspecified atom stereocenters. The van der Waals surface area contributed by atoms with Gasteiger partial charge >= 0.3 is 12.0 Å². The van der Waals surface area contributed by atoms with Gasteiger partial charge in [0, 0.05) is 26.2 Å². The SMILES string of the molecule is CCCC(CNC(=O)NCCCN1CCOCC1)C(=O)O. The molecule has 0 aromatic heterocycles. The van der Waals surface area contributed by atoms with Crippen molar-refractivity contribution in [2.24, 2.45) is 5.92 Å². The second kappa shape index (κ2) is 10.4. The van der Waals surface area contributed by atoms with Crippen molar-refractivity contribution in [3.63, 3.8) is 0 Å². The topological polar surface area (TPSA) is 90.9 Å². The lowest BCUT2D eigenvalue weighted by Crippen LogP contribution is -2.41. The average Bonchev–Trinajstić information content (AvgIpc) is 2.48. The second-order valence-corrected chi connectivity index (χ2v) is 5.27. The maximum absolute atomic E-state index is 11.6. The van der Waals surface area contributed by atoms with Crippen LogP contribution in [0.5, 0.6) is 0 Å². The van der Waals surface area contributed by atoms with E-state index >= 15 is 0 Å². The smallest absolute Gasteiger partial charge is 0.314 e. The number of amides is 2. The molecule has 7 nitrogen and oxygen atoms in total. The van der Waals surface area contributed by atoms with E-state index in [-0.39, 0.29) is 12.6 Å². The van der Waals surface area contributed by atoms with Crippen LogP contribution < -0.4 is 10.6 Å². The Bertz CT molecular complexity index is 319. The first-order chi connectivity index (χ1) is 10.1. The number of rotatable bonds is 9. The van der Waals surface area contributed by atoms with Crippen molar-refractivity contribution in [3.8, 4) is 0 Å². The van der Waals surface area contributed by atoms with Gasteiger partial charge in [-0.25, -0.2) is 4.79 Å². The molecule has 1 rings (SSSR count). The van der Waals surface area contributed by atoms with E-state index in [1.54, 1.807) is 0 Å². The number of carboxylic acids is 1. The molecule has 122 valence electrons. The highest BCUT2D eigenvalue weighted by atomic mass is 16.5. The first-order valence-corrected chi connectivity index (χ1v) is 7.68. The molecule has 0 spiro atoms. The van der Waals surface area contributed by atoms with Crippen molar-refractivity contribution in [1.29, 1.82) is 0 Å². The van der Waals surface area contributed by atoms with E-state index in [4.69, 9.17) is 9.84 Å². The molecule has 0 bridgehead atoms. The number of morpholine rings is 1. The number of nitrogens with zero attached hydrogens (tertiary/aromatic N) is 1. The minimum Gasteiger partial charge on any atom is -0.481 e. The third-order valence-electron chi connectivity index (χ3n) is 3.54. The number of hydrogen-bond donors (Lipinski definition) is 3. The predicted molar refractivity (Wildman–Crippen MR) is 79.3 cm³/mol. The zero-order chi connectivity index (χ0) is 15.5. The van der Waals surface area contributed by atoms with Crippen LogP contribution in [0.2, 0.25) is 0 Å². The fraction of sp³-hybridized carbons (Fsp3) is 0.857. The molecule has 3 N–H and O–H groups in total. The van der Waals surface area contributed by atoms with Gasteiger partial charge < -0.3 is 20.5 Å². The zero-order valence-corrected chi connectivity index (χ0v) is 12.8. The van der Waals surface area contributed by atoms with Gasteiger partial charge in [0.2, 0.25) is 0 Å². The van der Waals surface area contributed by atoms with Crippen molar-refractivity contribution >= 4 is 12.0 Å². The Labute approximate surface area is 126 Å². The van der Waals surface area contributed by atoms with Crippen molar-refractivity contribution in [3.05, 3.63) is 0 Å².